The summed E-state index contributed by atoms with van der Waals surface area (Å²) in [6.45, 7) is 0. The van der Waals surface area contributed by atoms with Crippen molar-refractivity contribution in [1.82, 2.24) is 14.9 Å². The number of carbonyl (C=O) groups is 1. The lowest BCUT2D eigenvalue weighted by molar-refractivity contribution is 0.208. The van der Waals surface area contributed by atoms with E-state index in [4.69, 9.17) is 0 Å². The third-order valence-electron chi connectivity index (χ3n) is 5.08. The molecule has 0 bridgehead atoms. The lowest BCUT2D eigenvalue weighted by Gasteiger charge is -2.30. The highest BCUT2D eigenvalue weighted by Gasteiger charge is 2.45. The zero-order valence-corrected chi connectivity index (χ0v) is 14.5. The van der Waals surface area contributed by atoms with Crippen LogP contribution in [0.1, 0.15) is 36.8 Å². The minimum Gasteiger partial charge on any atom is -0.322 e. The standard InChI is InChI=1S/C20H19FN4O/c1-24-17-4-2-3-5-18(17)25(20(24)26)19-9-8-14(12-23-19)6-7-15-10-16(21)13-22-11-15/h8-13,17-18H,2-5H2,1H3. The number of fused-ring (bicyclic) bond motifs is 1. The van der Waals surface area contributed by atoms with Crippen LogP contribution in [0.5, 0.6) is 0 Å². The van der Waals surface area contributed by atoms with Crippen LogP contribution in [0, 0.1) is 17.7 Å². The van der Waals surface area contributed by atoms with Crippen molar-refractivity contribution in [2.75, 3.05) is 11.9 Å². The summed E-state index contributed by atoms with van der Waals surface area (Å²) in [6.07, 6.45) is 8.68. The van der Waals surface area contributed by atoms with Gasteiger partial charge in [0.2, 0.25) is 0 Å². The van der Waals surface area contributed by atoms with Crippen LogP contribution in [0.25, 0.3) is 0 Å². The first-order valence-corrected chi connectivity index (χ1v) is 8.78. The van der Waals surface area contributed by atoms with Crippen molar-refractivity contribution in [2.24, 2.45) is 0 Å². The molecule has 1 saturated heterocycles. The van der Waals surface area contributed by atoms with Gasteiger partial charge in [-0.2, -0.15) is 0 Å². The predicted octanol–water partition coefficient (Wildman–Crippen LogP) is 3.20. The molecule has 3 heterocycles. The van der Waals surface area contributed by atoms with Crippen LogP contribution in [0.15, 0.2) is 36.8 Å². The molecule has 2 aromatic rings. The highest BCUT2D eigenvalue weighted by molar-refractivity contribution is 5.94. The Balaban J connectivity index is 1.56. The summed E-state index contributed by atoms with van der Waals surface area (Å²) >= 11 is 0. The Morgan fingerprint density at radius 3 is 2.58 bits per heavy atom. The van der Waals surface area contributed by atoms with Crippen LogP contribution in [0.2, 0.25) is 0 Å². The molecule has 0 N–H and O–H groups in total. The second kappa shape index (κ2) is 6.75. The Labute approximate surface area is 151 Å². The normalized spacial score (nSPS) is 22.0. The van der Waals surface area contributed by atoms with Crippen LogP contribution < -0.4 is 4.90 Å². The van der Waals surface area contributed by atoms with Gasteiger partial charge in [-0.1, -0.05) is 24.7 Å². The van der Waals surface area contributed by atoms with Crippen molar-refractivity contribution < 1.29 is 9.18 Å². The first-order valence-electron chi connectivity index (χ1n) is 8.78. The van der Waals surface area contributed by atoms with Gasteiger partial charge in [-0.15, -0.1) is 0 Å². The third-order valence-corrected chi connectivity index (χ3v) is 5.08. The number of hydrogen-bond donors (Lipinski definition) is 0. The van der Waals surface area contributed by atoms with Gasteiger partial charge in [0, 0.05) is 30.6 Å². The Morgan fingerprint density at radius 2 is 1.85 bits per heavy atom. The molecule has 5 nitrogen and oxygen atoms in total. The molecule has 0 radical (unpaired) electrons. The smallest absolute Gasteiger partial charge is 0.322 e. The largest absolute Gasteiger partial charge is 0.326 e. The fraction of sp³-hybridized carbons (Fsp3) is 0.350. The van der Waals surface area contributed by atoms with Crippen LogP contribution in [-0.4, -0.2) is 40.0 Å². The van der Waals surface area contributed by atoms with E-state index < -0.39 is 5.82 Å². The van der Waals surface area contributed by atoms with Gasteiger partial charge >= 0.3 is 6.03 Å². The molecule has 2 aliphatic rings. The van der Waals surface area contributed by atoms with Crippen molar-refractivity contribution in [3.8, 4) is 11.8 Å². The summed E-state index contributed by atoms with van der Waals surface area (Å²) in [7, 11) is 1.87. The summed E-state index contributed by atoms with van der Waals surface area (Å²) in [6, 6.07) is 5.49. The van der Waals surface area contributed by atoms with Gasteiger partial charge in [-0.05, 0) is 31.0 Å². The van der Waals surface area contributed by atoms with Gasteiger partial charge in [-0.3, -0.25) is 9.88 Å². The maximum Gasteiger partial charge on any atom is 0.326 e. The molecule has 1 aliphatic heterocycles. The number of pyridine rings is 2. The minimum atomic E-state index is -0.413. The third kappa shape index (κ3) is 3.01. The number of amides is 2. The van der Waals surface area contributed by atoms with Crippen LogP contribution in [0.3, 0.4) is 0 Å². The SMILES string of the molecule is CN1C(=O)N(c2ccc(C#Cc3cncc(F)c3)cn2)C2CCCCC21. The second-order valence-electron chi connectivity index (χ2n) is 6.73. The second-order valence-corrected chi connectivity index (χ2v) is 6.73. The summed E-state index contributed by atoms with van der Waals surface area (Å²) in [5, 5.41) is 0. The van der Waals surface area contributed by atoms with E-state index in [9.17, 15) is 9.18 Å². The molecule has 4 rings (SSSR count). The number of halogens is 1. The minimum absolute atomic E-state index is 0.0130. The van der Waals surface area contributed by atoms with Crippen molar-refractivity contribution in [1.29, 1.82) is 0 Å². The molecule has 1 aliphatic carbocycles. The number of hydrogen-bond acceptors (Lipinski definition) is 3. The molecule has 0 aromatic carbocycles. The van der Waals surface area contributed by atoms with Gasteiger partial charge in [0.1, 0.15) is 11.6 Å². The van der Waals surface area contributed by atoms with Crippen LogP contribution in [0.4, 0.5) is 15.0 Å². The molecular formula is C20H19FN4O. The Kier molecular flexibility index (Phi) is 4.29. The quantitative estimate of drug-likeness (QED) is 0.742. The summed E-state index contributed by atoms with van der Waals surface area (Å²) in [4.78, 5) is 24.5. The number of carbonyl (C=O) groups excluding carboxylic acids is 1. The lowest BCUT2D eigenvalue weighted by Crippen LogP contribution is -2.39. The van der Waals surface area contributed by atoms with Gasteiger partial charge in [0.15, 0.2) is 0 Å². The molecule has 1 saturated carbocycles. The fourth-order valence-corrected chi connectivity index (χ4v) is 3.79. The molecular weight excluding hydrogens is 331 g/mol. The first kappa shape index (κ1) is 16.5. The van der Waals surface area contributed by atoms with Crippen LogP contribution >= 0.6 is 0 Å². The number of urea groups is 1. The van der Waals surface area contributed by atoms with E-state index in [1.807, 2.05) is 29.0 Å². The topological polar surface area (TPSA) is 49.3 Å². The summed E-state index contributed by atoms with van der Waals surface area (Å²) < 4.78 is 13.1. The number of likely N-dealkylation sites (N-methyl/N-ethyl adjacent to an activating group) is 1. The summed E-state index contributed by atoms with van der Waals surface area (Å²) in [5.41, 5.74) is 1.22. The lowest BCUT2D eigenvalue weighted by atomic mass is 9.90. The van der Waals surface area contributed by atoms with Crippen molar-refractivity contribution in [2.45, 2.75) is 37.8 Å². The molecule has 2 aromatic heterocycles. The maximum absolute atomic E-state index is 13.1. The zero-order valence-electron chi connectivity index (χ0n) is 14.5. The predicted molar refractivity (Wildman–Crippen MR) is 96.1 cm³/mol. The number of aromatic nitrogens is 2. The van der Waals surface area contributed by atoms with E-state index in [0.717, 1.165) is 25.5 Å². The first-order chi connectivity index (χ1) is 12.6. The molecule has 132 valence electrons. The van der Waals surface area contributed by atoms with Gasteiger partial charge in [0.05, 0.1) is 18.3 Å². The highest BCUT2D eigenvalue weighted by atomic mass is 19.1. The monoisotopic (exact) mass is 350 g/mol. The van der Waals surface area contributed by atoms with E-state index in [1.165, 1.54) is 18.7 Å². The molecule has 2 atom stereocenters. The average molecular weight is 350 g/mol. The molecule has 2 fully saturated rings. The average Bonchev–Trinajstić information content (AvgIpc) is 2.92. The molecule has 0 spiro atoms. The van der Waals surface area contributed by atoms with E-state index in [0.29, 0.717) is 16.9 Å². The molecule has 2 amide bonds. The summed E-state index contributed by atoms with van der Waals surface area (Å²) in [5.74, 6) is 6.07. The fourth-order valence-electron chi connectivity index (χ4n) is 3.79. The number of nitrogens with zero attached hydrogens (tertiary/aromatic N) is 4. The maximum atomic E-state index is 13.1. The Hall–Kier alpha value is -2.94. The highest BCUT2D eigenvalue weighted by Crippen LogP contribution is 2.35. The van der Waals surface area contributed by atoms with Crippen molar-refractivity contribution in [3.05, 3.63) is 53.7 Å². The van der Waals surface area contributed by atoms with E-state index >= 15 is 0 Å². The van der Waals surface area contributed by atoms with E-state index in [2.05, 4.69) is 21.8 Å². The number of anilines is 1. The zero-order chi connectivity index (χ0) is 18.1. The van der Waals surface area contributed by atoms with Crippen LogP contribution in [-0.2, 0) is 0 Å². The van der Waals surface area contributed by atoms with Gasteiger partial charge in [-0.25, -0.2) is 14.2 Å². The Morgan fingerprint density at radius 1 is 1.08 bits per heavy atom. The van der Waals surface area contributed by atoms with Gasteiger partial charge in [0.25, 0.3) is 0 Å². The molecule has 2 unspecified atom stereocenters. The molecule has 6 heteroatoms. The van der Waals surface area contributed by atoms with Gasteiger partial charge < -0.3 is 4.90 Å². The Bertz CT molecular complexity index is 887. The van der Waals surface area contributed by atoms with Crippen molar-refractivity contribution >= 4 is 11.8 Å². The van der Waals surface area contributed by atoms with E-state index in [-0.39, 0.29) is 18.1 Å². The van der Waals surface area contributed by atoms with E-state index in [1.54, 1.807) is 6.20 Å². The molecule has 26 heavy (non-hydrogen) atoms. The van der Waals surface area contributed by atoms with Crippen molar-refractivity contribution in [3.63, 3.8) is 0 Å². The number of rotatable bonds is 1.